The Morgan fingerprint density at radius 2 is 2.50 bits per heavy atom. The second kappa shape index (κ2) is 5.00. The molecule has 0 saturated carbocycles. The number of nitrogens with one attached hydrogen (secondary N) is 1. The maximum absolute atomic E-state index is 10.8. The molecule has 76 valence electrons. The molecule has 0 bridgehead atoms. The highest BCUT2D eigenvalue weighted by Crippen LogP contribution is 1.97. The Labute approximate surface area is 81.1 Å². The van der Waals surface area contributed by atoms with E-state index in [0.29, 0.717) is 19.5 Å². The van der Waals surface area contributed by atoms with E-state index in [-0.39, 0.29) is 5.82 Å². The molecule has 0 aliphatic rings. The Morgan fingerprint density at radius 1 is 1.71 bits per heavy atom. The number of carbonyl (C=O) groups excluding carboxylic acids is 2. The average Bonchev–Trinajstić information content (AvgIpc) is 2.60. The van der Waals surface area contributed by atoms with Crippen LogP contribution < -0.4 is 11.1 Å². The molecule has 14 heavy (non-hydrogen) atoms. The van der Waals surface area contributed by atoms with E-state index < -0.39 is 5.91 Å². The van der Waals surface area contributed by atoms with E-state index in [4.69, 9.17) is 5.73 Å². The third-order valence-corrected chi connectivity index (χ3v) is 1.74. The number of nitrogens with zero attached hydrogens (tertiary/aromatic N) is 2. The van der Waals surface area contributed by atoms with Gasteiger partial charge >= 0.3 is 0 Å². The lowest BCUT2D eigenvalue weighted by Crippen LogP contribution is -2.20. The van der Waals surface area contributed by atoms with Crippen molar-refractivity contribution in [2.45, 2.75) is 13.0 Å². The molecule has 3 N–H and O–H groups in total. The van der Waals surface area contributed by atoms with Crippen LogP contribution in [0.3, 0.4) is 0 Å². The van der Waals surface area contributed by atoms with Crippen LogP contribution in [-0.4, -0.2) is 28.4 Å². The van der Waals surface area contributed by atoms with E-state index in [0.717, 1.165) is 6.42 Å². The Kier molecular flexibility index (Phi) is 3.66. The fourth-order valence-corrected chi connectivity index (χ4v) is 1.13. The molecular formula is C8H12N4O2. The molecule has 0 radical (unpaired) electrons. The number of nitrogens with two attached hydrogens (primary N) is 1. The van der Waals surface area contributed by atoms with Crippen LogP contribution in [0.1, 0.15) is 17.0 Å². The Hall–Kier alpha value is -1.85. The molecule has 0 atom stereocenters. The second-order valence-corrected chi connectivity index (χ2v) is 2.73. The standard InChI is InChI=1S/C8H12N4O2/c9-7(14)8-11-3-5-12(8)4-1-2-10-6-13/h3,5-6H,1-2,4H2,(H2,9,14)(H,10,13). The summed E-state index contributed by atoms with van der Waals surface area (Å²) in [7, 11) is 0. The molecule has 0 unspecified atom stereocenters. The van der Waals surface area contributed by atoms with Gasteiger partial charge in [-0.1, -0.05) is 0 Å². The summed E-state index contributed by atoms with van der Waals surface area (Å²) in [5.41, 5.74) is 5.10. The molecule has 0 aliphatic heterocycles. The highest BCUT2D eigenvalue weighted by molar-refractivity contribution is 5.89. The van der Waals surface area contributed by atoms with Crippen molar-refractivity contribution in [3.63, 3.8) is 0 Å². The molecule has 1 heterocycles. The van der Waals surface area contributed by atoms with E-state index in [2.05, 4.69) is 10.3 Å². The van der Waals surface area contributed by atoms with Crippen molar-refractivity contribution in [3.05, 3.63) is 18.2 Å². The van der Waals surface area contributed by atoms with Gasteiger partial charge in [-0.3, -0.25) is 9.59 Å². The number of hydrogen-bond acceptors (Lipinski definition) is 3. The van der Waals surface area contributed by atoms with Crippen LogP contribution in [0.4, 0.5) is 0 Å². The van der Waals surface area contributed by atoms with E-state index in [9.17, 15) is 9.59 Å². The molecule has 0 saturated heterocycles. The summed E-state index contributed by atoms with van der Waals surface area (Å²) in [5, 5.41) is 2.53. The number of amides is 2. The molecule has 1 aromatic heterocycles. The van der Waals surface area contributed by atoms with Crippen molar-refractivity contribution in [3.8, 4) is 0 Å². The maximum Gasteiger partial charge on any atom is 0.284 e. The number of carbonyl (C=O) groups is 2. The van der Waals surface area contributed by atoms with E-state index >= 15 is 0 Å². The molecule has 0 fully saturated rings. The van der Waals surface area contributed by atoms with Crippen LogP contribution in [0.5, 0.6) is 0 Å². The van der Waals surface area contributed by atoms with Crippen molar-refractivity contribution in [2.24, 2.45) is 5.73 Å². The molecule has 6 nitrogen and oxygen atoms in total. The van der Waals surface area contributed by atoms with Gasteiger partial charge in [0.1, 0.15) is 0 Å². The predicted octanol–water partition coefficient (Wildman–Crippen LogP) is -0.882. The van der Waals surface area contributed by atoms with Gasteiger partial charge in [0.15, 0.2) is 5.82 Å². The molecule has 1 aromatic rings. The number of rotatable bonds is 6. The average molecular weight is 196 g/mol. The SMILES string of the molecule is NC(=O)c1nccn1CCCNC=O. The topological polar surface area (TPSA) is 90.0 Å². The summed E-state index contributed by atoms with van der Waals surface area (Å²) in [6.45, 7) is 1.18. The van der Waals surface area contributed by atoms with Gasteiger partial charge in [0.2, 0.25) is 6.41 Å². The minimum atomic E-state index is -0.543. The molecular weight excluding hydrogens is 184 g/mol. The Morgan fingerprint density at radius 3 is 3.14 bits per heavy atom. The fraction of sp³-hybridized carbons (Fsp3) is 0.375. The van der Waals surface area contributed by atoms with Gasteiger partial charge in [-0.2, -0.15) is 0 Å². The van der Waals surface area contributed by atoms with Gasteiger partial charge in [0.05, 0.1) is 0 Å². The third kappa shape index (κ3) is 2.58. The number of aromatic nitrogens is 2. The third-order valence-electron chi connectivity index (χ3n) is 1.74. The minimum absolute atomic E-state index is 0.246. The van der Waals surface area contributed by atoms with Crippen molar-refractivity contribution in [2.75, 3.05) is 6.54 Å². The summed E-state index contributed by atoms with van der Waals surface area (Å²) in [5.74, 6) is -0.297. The summed E-state index contributed by atoms with van der Waals surface area (Å²) >= 11 is 0. The summed E-state index contributed by atoms with van der Waals surface area (Å²) in [6, 6.07) is 0. The van der Waals surface area contributed by atoms with Crippen LogP contribution in [0, 0.1) is 0 Å². The zero-order valence-corrected chi connectivity index (χ0v) is 7.64. The van der Waals surface area contributed by atoms with Gasteiger partial charge in [-0.25, -0.2) is 4.98 Å². The molecule has 0 spiro atoms. The molecule has 2 amide bonds. The van der Waals surface area contributed by atoms with Gasteiger partial charge in [-0.05, 0) is 6.42 Å². The van der Waals surface area contributed by atoms with Gasteiger partial charge < -0.3 is 15.6 Å². The molecule has 0 aromatic carbocycles. The minimum Gasteiger partial charge on any atom is -0.363 e. The maximum atomic E-state index is 10.8. The molecule has 1 rings (SSSR count). The zero-order valence-electron chi connectivity index (χ0n) is 7.64. The first-order valence-corrected chi connectivity index (χ1v) is 4.23. The summed E-state index contributed by atoms with van der Waals surface area (Å²) < 4.78 is 1.66. The highest BCUT2D eigenvalue weighted by atomic mass is 16.1. The van der Waals surface area contributed by atoms with Gasteiger partial charge in [0.25, 0.3) is 5.91 Å². The van der Waals surface area contributed by atoms with E-state index in [1.807, 2.05) is 0 Å². The number of hydrogen-bond donors (Lipinski definition) is 2. The first kappa shape index (κ1) is 10.2. The molecule has 0 aliphatic carbocycles. The lowest BCUT2D eigenvalue weighted by atomic mass is 10.4. The Balaban J connectivity index is 2.45. The normalized spacial score (nSPS) is 9.71. The van der Waals surface area contributed by atoms with Crippen molar-refractivity contribution in [1.29, 1.82) is 0 Å². The van der Waals surface area contributed by atoms with Crippen LogP contribution in [0.25, 0.3) is 0 Å². The number of imidazole rings is 1. The monoisotopic (exact) mass is 196 g/mol. The molecule has 6 heteroatoms. The quantitative estimate of drug-likeness (QED) is 0.457. The first-order valence-electron chi connectivity index (χ1n) is 4.23. The number of primary amides is 1. The van der Waals surface area contributed by atoms with Gasteiger partial charge in [-0.15, -0.1) is 0 Å². The van der Waals surface area contributed by atoms with Crippen molar-refractivity contribution in [1.82, 2.24) is 14.9 Å². The van der Waals surface area contributed by atoms with Crippen LogP contribution in [-0.2, 0) is 11.3 Å². The smallest absolute Gasteiger partial charge is 0.284 e. The Bertz CT molecular complexity index is 321. The second-order valence-electron chi connectivity index (χ2n) is 2.73. The summed E-state index contributed by atoms with van der Waals surface area (Å²) in [6.07, 6.45) is 4.58. The first-order chi connectivity index (χ1) is 6.75. The largest absolute Gasteiger partial charge is 0.363 e. The summed E-state index contributed by atoms with van der Waals surface area (Å²) in [4.78, 5) is 24.6. The van der Waals surface area contributed by atoms with Crippen molar-refractivity contribution >= 4 is 12.3 Å². The lowest BCUT2D eigenvalue weighted by molar-refractivity contribution is -0.109. The zero-order chi connectivity index (χ0) is 10.4. The number of aryl methyl sites for hydroxylation is 1. The lowest BCUT2D eigenvalue weighted by Gasteiger charge is -2.04. The van der Waals surface area contributed by atoms with Crippen LogP contribution >= 0.6 is 0 Å². The highest BCUT2D eigenvalue weighted by Gasteiger charge is 2.07. The van der Waals surface area contributed by atoms with Crippen molar-refractivity contribution < 1.29 is 9.59 Å². The van der Waals surface area contributed by atoms with E-state index in [1.165, 1.54) is 6.20 Å². The van der Waals surface area contributed by atoms with Crippen LogP contribution in [0.2, 0.25) is 0 Å². The van der Waals surface area contributed by atoms with Crippen LogP contribution in [0.15, 0.2) is 12.4 Å². The predicted molar refractivity (Wildman–Crippen MR) is 49.4 cm³/mol. The van der Waals surface area contributed by atoms with Gasteiger partial charge in [0, 0.05) is 25.5 Å². The van der Waals surface area contributed by atoms with E-state index in [1.54, 1.807) is 10.8 Å². The fourth-order valence-electron chi connectivity index (χ4n) is 1.13.